The number of carbonyl (C=O) groups is 1. The van der Waals surface area contributed by atoms with Crippen molar-refractivity contribution in [3.8, 4) is 0 Å². The molecule has 7 heteroatoms. The molecule has 0 saturated carbocycles. The molecule has 2 rings (SSSR count). The van der Waals surface area contributed by atoms with E-state index in [9.17, 15) is 9.90 Å². The van der Waals surface area contributed by atoms with Crippen LogP contribution in [0.25, 0.3) is 0 Å². The van der Waals surface area contributed by atoms with Gasteiger partial charge >= 0.3 is 0 Å². The van der Waals surface area contributed by atoms with Crippen molar-refractivity contribution in [1.29, 1.82) is 0 Å². The molecular formula is C23H33IN4O2. The van der Waals surface area contributed by atoms with Crippen LogP contribution >= 0.6 is 24.0 Å². The van der Waals surface area contributed by atoms with Gasteiger partial charge in [-0.3, -0.25) is 4.79 Å². The zero-order valence-corrected chi connectivity index (χ0v) is 20.4. The number of primary amides is 1. The predicted octanol–water partition coefficient (Wildman–Crippen LogP) is 3.49. The van der Waals surface area contributed by atoms with Gasteiger partial charge in [0.2, 0.25) is 5.91 Å². The lowest BCUT2D eigenvalue weighted by molar-refractivity contribution is 0.1000. The van der Waals surface area contributed by atoms with Crippen LogP contribution in [-0.4, -0.2) is 30.1 Å². The molecule has 30 heavy (non-hydrogen) atoms. The number of hydrogen-bond donors (Lipinski definition) is 4. The number of aliphatic imine (C=N–C) groups is 1. The average Bonchev–Trinajstić information content (AvgIpc) is 2.69. The summed E-state index contributed by atoms with van der Waals surface area (Å²) in [4.78, 5) is 15.7. The van der Waals surface area contributed by atoms with Gasteiger partial charge in [-0.2, -0.15) is 0 Å². The summed E-state index contributed by atoms with van der Waals surface area (Å²) < 4.78 is 0. The van der Waals surface area contributed by atoms with Crippen LogP contribution in [0, 0.1) is 0 Å². The Morgan fingerprint density at radius 1 is 1.07 bits per heavy atom. The minimum Gasteiger partial charge on any atom is -0.387 e. The number of aliphatic hydroxyl groups is 1. The summed E-state index contributed by atoms with van der Waals surface area (Å²) in [5.74, 6) is 0.177. The molecule has 0 radical (unpaired) electrons. The van der Waals surface area contributed by atoms with Gasteiger partial charge in [-0.15, -0.1) is 24.0 Å². The first-order valence-corrected chi connectivity index (χ1v) is 9.90. The van der Waals surface area contributed by atoms with Crippen LogP contribution in [-0.2, 0) is 12.0 Å². The van der Waals surface area contributed by atoms with Crippen molar-refractivity contribution in [3.05, 3.63) is 70.8 Å². The highest BCUT2D eigenvalue weighted by Crippen LogP contribution is 2.23. The fourth-order valence-corrected chi connectivity index (χ4v) is 2.80. The maximum Gasteiger partial charge on any atom is 0.248 e. The van der Waals surface area contributed by atoms with E-state index < -0.39 is 12.0 Å². The van der Waals surface area contributed by atoms with Crippen LogP contribution < -0.4 is 16.4 Å². The highest BCUT2D eigenvalue weighted by molar-refractivity contribution is 14.0. The zero-order chi connectivity index (χ0) is 21.4. The molecule has 164 valence electrons. The van der Waals surface area contributed by atoms with Gasteiger partial charge < -0.3 is 21.5 Å². The van der Waals surface area contributed by atoms with Crippen LogP contribution in [0.5, 0.6) is 0 Å². The number of hydrogen-bond acceptors (Lipinski definition) is 3. The molecule has 0 saturated heterocycles. The predicted molar refractivity (Wildman–Crippen MR) is 133 cm³/mol. The van der Waals surface area contributed by atoms with Crippen LogP contribution in [0.2, 0.25) is 0 Å². The molecular weight excluding hydrogens is 491 g/mol. The first-order valence-electron chi connectivity index (χ1n) is 9.90. The number of benzene rings is 2. The summed E-state index contributed by atoms with van der Waals surface area (Å²) in [6.07, 6.45) is -0.636. The molecule has 6 nitrogen and oxygen atoms in total. The highest BCUT2D eigenvalue weighted by Gasteiger charge is 2.15. The summed E-state index contributed by atoms with van der Waals surface area (Å²) in [6, 6.07) is 15.1. The fourth-order valence-electron chi connectivity index (χ4n) is 2.80. The Hall–Kier alpha value is -2.13. The number of nitrogens with one attached hydrogen (secondary N) is 2. The van der Waals surface area contributed by atoms with Gasteiger partial charge in [-0.05, 0) is 41.2 Å². The Morgan fingerprint density at radius 2 is 1.67 bits per heavy atom. The monoisotopic (exact) mass is 524 g/mol. The molecule has 1 amide bonds. The first-order chi connectivity index (χ1) is 13.7. The summed E-state index contributed by atoms with van der Waals surface area (Å²) in [5, 5.41) is 16.9. The minimum absolute atomic E-state index is 0. The molecule has 0 aromatic heterocycles. The van der Waals surface area contributed by atoms with E-state index in [0.29, 0.717) is 31.2 Å². The lowest BCUT2D eigenvalue weighted by Crippen LogP contribution is -2.39. The van der Waals surface area contributed by atoms with Crippen LogP contribution in [0.15, 0.2) is 53.5 Å². The molecule has 2 aromatic carbocycles. The molecule has 0 aliphatic heterocycles. The Labute approximate surface area is 196 Å². The number of nitrogens with two attached hydrogens (primary N) is 1. The highest BCUT2D eigenvalue weighted by atomic mass is 127. The van der Waals surface area contributed by atoms with Gasteiger partial charge in [-0.1, -0.05) is 57.2 Å². The molecule has 1 atom stereocenters. The average molecular weight is 524 g/mol. The molecule has 0 spiro atoms. The lowest BCUT2D eigenvalue weighted by atomic mass is 9.86. The van der Waals surface area contributed by atoms with E-state index in [-0.39, 0.29) is 29.4 Å². The molecule has 2 aromatic rings. The number of guanidine groups is 1. The van der Waals surface area contributed by atoms with E-state index >= 15 is 0 Å². The van der Waals surface area contributed by atoms with E-state index in [1.807, 2.05) is 31.2 Å². The summed E-state index contributed by atoms with van der Waals surface area (Å²) in [7, 11) is 0. The number of carbonyl (C=O) groups excluding carboxylic acids is 1. The van der Waals surface area contributed by atoms with E-state index in [1.54, 1.807) is 12.1 Å². The quantitative estimate of drug-likeness (QED) is 0.253. The maximum absolute atomic E-state index is 11.1. The van der Waals surface area contributed by atoms with Gasteiger partial charge in [-0.25, -0.2) is 4.99 Å². The second kappa shape index (κ2) is 11.9. The number of halogens is 1. The van der Waals surface area contributed by atoms with Gasteiger partial charge in [0.25, 0.3) is 0 Å². The number of amides is 1. The molecule has 0 bridgehead atoms. The molecule has 1 unspecified atom stereocenters. The van der Waals surface area contributed by atoms with Crippen molar-refractivity contribution in [2.75, 3.05) is 13.1 Å². The van der Waals surface area contributed by atoms with Gasteiger partial charge in [0.15, 0.2) is 5.96 Å². The summed E-state index contributed by atoms with van der Waals surface area (Å²) in [6.45, 7) is 10.00. The van der Waals surface area contributed by atoms with Crippen molar-refractivity contribution < 1.29 is 9.90 Å². The van der Waals surface area contributed by atoms with Crippen molar-refractivity contribution in [3.63, 3.8) is 0 Å². The van der Waals surface area contributed by atoms with Gasteiger partial charge in [0.1, 0.15) is 0 Å². The second-order valence-electron chi connectivity index (χ2n) is 8.03. The topological polar surface area (TPSA) is 99.7 Å². The Morgan fingerprint density at radius 3 is 2.17 bits per heavy atom. The third-order valence-electron chi connectivity index (χ3n) is 4.63. The minimum atomic E-state index is -0.636. The molecule has 0 aliphatic carbocycles. The van der Waals surface area contributed by atoms with Crippen molar-refractivity contribution in [1.82, 2.24) is 10.6 Å². The van der Waals surface area contributed by atoms with E-state index in [4.69, 9.17) is 5.73 Å². The van der Waals surface area contributed by atoms with Crippen LogP contribution in [0.1, 0.15) is 60.8 Å². The Kier molecular flexibility index (Phi) is 10.3. The third kappa shape index (κ3) is 7.95. The van der Waals surface area contributed by atoms with Gasteiger partial charge in [0.05, 0.1) is 12.6 Å². The summed E-state index contributed by atoms with van der Waals surface area (Å²) in [5.41, 5.74) is 8.88. The van der Waals surface area contributed by atoms with Crippen molar-refractivity contribution in [2.24, 2.45) is 10.7 Å². The molecule has 5 N–H and O–H groups in total. The normalized spacial score (nSPS) is 12.6. The third-order valence-corrected chi connectivity index (χ3v) is 4.63. The zero-order valence-electron chi connectivity index (χ0n) is 18.1. The molecule has 0 heterocycles. The van der Waals surface area contributed by atoms with E-state index in [2.05, 4.69) is 48.5 Å². The molecule has 0 aliphatic rings. The van der Waals surface area contributed by atoms with Crippen LogP contribution in [0.4, 0.5) is 0 Å². The lowest BCUT2D eigenvalue weighted by Gasteiger charge is -2.20. The van der Waals surface area contributed by atoms with E-state index in [0.717, 1.165) is 11.1 Å². The smallest absolute Gasteiger partial charge is 0.248 e. The van der Waals surface area contributed by atoms with Crippen LogP contribution in [0.3, 0.4) is 0 Å². The number of aliphatic hydroxyl groups excluding tert-OH is 1. The standard InChI is InChI=1S/C23H32N4O2.HI/c1-5-25-22(26-14-16-6-8-18(9-7-16)21(24)29)27-15-20(28)17-10-12-19(13-11-17)23(2,3)4;/h6-13,20,28H,5,14-15H2,1-4H3,(H2,24,29)(H2,25,26,27);1H. The fraction of sp³-hybridized carbons (Fsp3) is 0.391. The summed E-state index contributed by atoms with van der Waals surface area (Å²) >= 11 is 0. The van der Waals surface area contributed by atoms with Crippen molar-refractivity contribution >= 4 is 35.8 Å². The number of nitrogens with zero attached hydrogens (tertiary/aromatic N) is 1. The first kappa shape index (κ1) is 25.9. The Balaban J connectivity index is 0.00000450. The SMILES string of the molecule is CCNC(=NCc1ccc(C(N)=O)cc1)NCC(O)c1ccc(C(C)(C)C)cc1.I. The van der Waals surface area contributed by atoms with E-state index in [1.165, 1.54) is 5.56 Å². The van der Waals surface area contributed by atoms with Gasteiger partial charge in [0, 0.05) is 18.7 Å². The largest absolute Gasteiger partial charge is 0.387 e. The molecule has 0 fully saturated rings. The van der Waals surface area contributed by atoms with Crippen molar-refractivity contribution in [2.45, 2.75) is 45.8 Å². The number of rotatable bonds is 7. The second-order valence-corrected chi connectivity index (χ2v) is 8.03. The maximum atomic E-state index is 11.1. The Bertz CT molecular complexity index is 828.